The van der Waals surface area contributed by atoms with E-state index >= 15 is 0 Å². The van der Waals surface area contributed by atoms with Crippen LogP contribution in [0.15, 0.2) is 23.0 Å². The van der Waals surface area contributed by atoms with Crippen molar-refractivity contribution in [2.24, 2.45) is 0 Å². The van der Waals surface area contributed by atoms with Crippen LogP contribution in [0.3, 0.4) is 0 Å². The minimum Gasteiger partial charge on any atom is -0.399 e. The quantitative estimate of drug-likeness (QED) is 0.763. The van der Waals surface area contributed by atoms with E-state index in [2.05, 4.69) is 16.0 Å². The average molecular weight is 287 g/mol. The topological polar surface area (TPSA) is 108 Å². The van der Waals surface area contributed by atoms with Crippen LogP contribution in [0, 0.1) is 11.3 Å². The smallest absolute Gasteiger partial charge is 0.260 e. The molecule has 0 aliphatic rings. The zero-order chi connectivity index (χ0) is 15.2. The fraction of sp³-hybridized carbons (Fsp3) is 0.357. The second kappa shape index (κ2) is 6.72. The van der Waals surface area contributed by atoms with Gasteiger partial charge >= 0.3 is 0 Å². The van der Waals surface area contributed by atoms with Gasteiger partial charge in [0.25, 0.3) is 5.56 Å². The van der Waals surface area contributed by atoms with Gasteiger partial charge in [-0.2, -0.15) is 5.26 Å². The van der Waals surface area contributed by atoms with Crippen LogP contribution in [-0.2, 0) is 4.74 Å². The number of nitrogens with zero attached hydrogens (tertiary/aromatic N) is 3. The van der Waals surface area contributed by atoms with Gasteiger partial charge in [0.1, 0.15) is 0 Å². The molecular weight excluding hydrogens is 270 g/mol. The fourth-order valence-electron chi connectivity index (χ4n) is 2.00. The van der Waals surface area contributed by atoms with Crippen molar-refractivity contribution in [1.82, 2.24) is 9.97 Å². The summed E-state index contributed by atoms with van der Waals surface area (Å²) >= 11 is 0. The van der Waals surface area contributed by atoms with Gasteiger partial charge in [0, 0.05) is 25.9 Å². The van der Waals surface area contributed by atoms with E-state index in [0.717, 1.165) is 0 Å². The van der Waals surface area contributed by atoms with Gasteiger partial charge in [-0.1, -0.05) is 0 Å². The number of benzene rings is 1. The number of nitrogen functional groups attached to an aromatic ring is 1. The van der Waals surface area contributed by atoms with Crippen LogP contribution >= 0.6 is 0 Å². The number of nitrogens with two attached hydrogens (primary N) is 1. The first-order valence-electron chi connectivity index (χ1n) is 6.56. The Morgan fingerprint density at radius 1 is 1.48 bits per heavy atom. The van der Waals surface area contributed by atoms with Gasteiger partial charge < -0.3 is 15.4 Å². The van der Waals surface area contributed by atoms with Crippen LogP contribution in [0.2, 0.25) is 0 Å². The Balaban J connectivity index is 2.40. The van der Waals surface area contributed by atoms with Crippen LogP contribution in [0.1, 0.15) is 6.42 Å². The van der Waals surface area contributed by atoms with E-state index < -0.39 is 0 Å². The van der Waals surface area contributed by atoms with Crippen molar-refractivity contribution in [3.05, 3.63) is 28.6 Å². The minimum absolute atomic E-state index is 0.248. The lowest BCUT2D eigenvalue weighted by molar-refractivity contribution is 0.205. The number of hydrogen-bond acceptors (Lipinski definition) is 6. The molecule has 0 unspecified atom stereocenters. The predicted molar refractivity (Wildman–Crippen MR) is 81.1 cm³/mol. The first-order chi connectivity index (χ1) is 10.2. The summed E-state index contributed by atoms with van der Waals surface area (Å²) < 4.78 is 5.05. The summed E-state index contributed by atoms with van der Waals surface area (Å²) in [5.41, 5.74) is 6.52. The Morgan fingerprint density at radius 2 is 2.29 bits per heavy atom. The largest absolute Gasteiger partial charge is 0.399 e. The summed E-state index contributed by atoms with van der Waals surface area (Å²) in [6.07, 6.45) is 0.340. The molecule has 1 aromatic carbocycles. The molecule has 3 N–H and O–H groups in total. The zero-order valence-electron chi connectivity index (χ0n) is 11.8. The number of anilines is 2. The number of fused-ring (bicyclic) bond motifs is 1. The number of methoxy groups -OCH3 is 1. The highest BCUT2D eigenvalue weighted by Crippen LogP contribution is 2.15. The molecule has 0 atom stereocenters. The number of aromatic amines is 1. The van der Waals surface area contributed by atoms with Crippen LogP contribution in [0.25, 0.3) is 10.9 Å². The average Bonchev–Trinajstić information content (AvgIpc) is 2.48. The van der Waals surface area contributed by atoms with Crippen LogP contribution in [0.4, 0.5) is 11.6 Å². The molecule has 7 nitrogen and oxygen atoms in total. The van der Waals surface area contributed by atoms with Crippen LogP contribution in [-0.4, -0.2) is 36.8 Å². The highest BCUT2D eigenvalue weighted by Gasteiger charge is 2.11. The van der Waals surface area contributed by atoms with Crippen molar-refractivity contribution in [1.29, 1.82) is 5.26 Å². The first-order valence-corrected chi connectivity index (χ1v) is 6.56. The molecule has 0 radical (unpaired) electrons. The number of H-pyrrole nitrogens is 1. The zero-order valence-corrected chi connectivity index (χ0v) is 11.8. The lowest BCUT2D eigenvalue weighted by Crippen LogP contribution is -2.31. The van der Waals surface area contributed by atoms with Gasteiger partial charge in [-0.15, -0.1) is 0 Å². The summed E-state index contributed by atoms with van der Waals surface area (Å²) in [5.74, 6) is 0.435. The molecule has 21 heavy (non-hydrogen) atoms. The molecule has 0 spiro atoms. The van der Waals surface area contributed by atoms with Crippen molar-refractivity contribution in [2.45, 2.75) is 6.42 Å². The summed E-state index contributed by atoms with van der Waals surface area (Å²) in [5, 5.41) is 9.18. The SMILES string of the molecule is COCCN(CCC#N)c1nc2ccc(N)cc2c(=O)[nH]1. The fourth-order valence-corrected chi connectivity index (χ4v) is 2.00. The minimum atomic E-state index is -0.248. The maximum absolute atomic E-state index is 12.1. The Bertz CT molecular complexity index is 719. The molecule has 0 fully saturated rings. The molecule has 1 heterocycles. The van der Waals surface area contributed by atoms with E-state index in [4.69, 9.17) is 15.7 Å². The monoisotopic (exact) mass is 287 g/mol. The molecule has 2 aromatic rings. The van der Waals surface area contributed by atoms with Gasteiger partial charge in [0.05, 0.1) is 30.0 Å². The van der Waals surface area contributed by atoms with E-state index in [0.29, 0.717) is 48.7 Å². The van der Waals surface area contributed by atoms with E-state index in [1.165, 1.54) is 0 Å². The highest BCUT2D eigenvalue weighted by atomic mass is 16.5. The van der Waals surface area contributed by atoms with Crippen molar-refractivity contribution in [3.8, 4) is 6.07 Å². The number of aromatic nitrogens is 2. The third-order valence-corrected chi connectivity index (χ3v) is 3.08. The number of nitrogens with one attached hydrogen (secondary N) is 1. The number of ether oxygens (including phenoxy) is 1. The molecule has 7 heteroatoms. The molecule has 2 rings (SSSR count). The van der Waals surface area contributed by atoms with Crippen molar-refractivity contribution < 1.29 is 4.74 Å². The molecular formula is C14H17N5O2. The third kappa shape index (κ3) is 3.49. The Hall–Kier alpha value is -2.59. The van der Waals surface area contributed by atoms with Crippen LogP contribution in [0.5, 0.6) is 0 Å². The maximum atomic E-state index is 12.1. The molecule has 0 saturated carbocycles. The number of nitriles is 1. The molecule has 1 aromatic heterocycles. The van der Waals surface area contributed by atoms with E-state index in [1.807, 2.05) is 4.90 Å². The third-order valence-electron chi connectivity index (χ3n) is 3.08. The predicted octanol–water partition coefficient (Wildman–Crippen LogP) is 0.872. The van der Waals surface area contributed by atoms with Gasteiger partial charge in [-0.05, 0) is 18.2 Å². The normalized spacial score (nSPS) is 10.5. The van der Waals surface area contributed by atoms with Crippen molar-refractivity contribution >= 4 is 22.5 Å². The Labute approximate surface area is 122 Å². The van der Waals surface area contributed by atoms with E-state index in [9.17, 15) is 4.79 Å². The maximum Gasteiger partial charge on any atom is 0.260 e. The van der Waals surface area contributed by atoms with Crippen molar-refractivity contribution in [3.63, 3.8) is 0 Å². The summed E-state index contributed by atoms with van der Waals surface area (Å²) in [6.45, 7) is 1.50. The van der Waals surface area contributed by atoms with E-state index in [-0.39, 0.29) is 5.56 Å². The van der Waals surface area contributed by atoms with Gasteiger partial charge in [-0.25, -0.2) is 4.98 Å². The van der Waals surface area contributed by atoms with E-state index in [1.54, 1.807) is 25.3 Å². The lowest BCUT2D eigenvalue weighted by atomic mass is 10.2. The second-order valence-corrected chi connectivity index (χ2v) is 4.55. The van der Waals surface area contributed by atoms with Crippen molar-refractivity contribution in [2.75, 3.05) is 37.4 Å². The number of rotatable bonds is 6. The van der Waals surface area contributed by atoms with Gasteiger partial charge in [-0.3, -0.25) is 9.78 Å². The molecule has 0 bridgehead atoms. The standard InChI is InChI=1S/C14H17N5O2/c1-21-8-7-19(6-2-5-15)14-17-12-4-3-10(16)9-11(12)13(20)18-14/h3-4,9H,2,6-8,16H2,1H3,(H,17,18,20). The van der Waals surface area contributed by atoms with Gasteiger partial charge in [0.2, 0.25) is 5.95 Å². The summed E-state index contributed by atoms with van der Waals surface area (Å²) in [4.78, 5) is 21.1. The Kier molecular flexibility index (Phi) is 4.74. The van der Waals surface area contributed by atoms with Crippen LogP contribution < -0.4 is 16.2 Å². The second-order valence-electron chi connectivity index (χ2n) is 4.55. The summed E-state index contributed by atoms with van der Waals surface area (Å²) in [7, 11) is 1.60. The van der Waals surface area contributed by atoms with Gasteiger partial charge in [0.15, 0.2) is 0 Å². The molecule has 0 aliphatic heterocycles. The molecule has 0 aliphatic carbocycles. The molecule has 0 saturated heterocycles. The summed E-state index contributed by atoms with van der Waals surface area (Å²) in [6, 6.07) is 7.09. The number of hydrogen-bond donors (Lipinski definition) is 2. The highest BCUT2D eigenvalue weighted by molar-refractivity contribution is 5.81. The lowest BCUT2D eigenvalue weighted by Gasteiger charge is -2.21. The Morgan fingerprint density at radius 3 is 3.00 bits per heavy atom. The molecule has 110 valence electrons. The first kappa shape index (κ1) is 14.8. The molecule has 0 amide bonds.